The number of carbonyl (C=O) groups is 1. The highest BCUT2D eigenvalue weighted by atomic mass is 16.9. The molecule has 24 nitrogen and oxygen atoms in total. The zero-order valence-electron chi connectivity index (χ0n) is 49.7. The number of Topliss-reactive ketones (excluding diaryl/α,β-unsaturated/α-hetero) is 1. The quantitative estimate of drug-likeness (QED) is 0.223. The van der Waals surface area contributed by atoms with Crippen molar-refractivity contribution in [3.8, 4) is 0 Å². The van der Waals surface area contributed by atoms with Crippen molar-refractivity contribution in [3.05, 3.63) is 0 Å². The Kier molecular flexibility index (Phi) is 17.0. The van der Waals surface area contributed by atoms with Crippen molar-refractivity contribution >= 4 is 5.78 Å². The van der Waals surface area contributed by atoms with Crippen molar-refractivity contribution in [2.75, 3.05) is 52.9 Å². The monoisotopic (exact) mass is 1200 g/mol. The minimum Gasteiger partial charge on any atom is -0.388 e. The fourth-order valence-corrected chi connectivity index (χ4v) is 16.0. The predicted octanol–water partition coefficient (Wildman–Crippen LogP) is 4.54. The molecule has 0 unspecified atom stereocenters. The standard InChI is InChI=1S/C18H28O6.C15H24O6.C15H22O6.C12H20O6/c19-15-14-13(22-17(23-14)9-5-2-6-10-17)11-20-18(15)12-21-16(24-18)7-3-1-4-8-16;2*1-13(2)19-10-8-17-15(12(16)11(10)20-13)9-18-14(21-15)6-4-3-5-7-14;13-8-6-16-12(10(15)9(8)14)7-17-11(18-12)4-2-1-3-5-11/h13-15,19H,1-12H2;10-12,16H,3-9H2,1-2H3;10-11H,3-9H2,1-2H3;8-10,13-15H,1-7H2/t13-,14-,15+,18+;10-,11-,12+,15+;10-,11-,15+;8-,9-,10+,12+/m1111/s1. The number of ether oxygens (including phenoxy) is 18. The Hall–Kier alpha value is -1.25. The minimum atomic E-state index is -1.32. The summed E-state index contributed by atoms with van der Waals surface area (Å²) in [5.41, 5.74) is 0. The van der Waals surface area contributed by atoms with Gasteiger partial charge in [0.25, 0.3) is 5.79 Å². The summed E-state index contributed by atoms with van der Waals surface area (Å²) in [7, 11) is 0. The molecule has 5 aliphatic carbocycles. The van der Waals surface area contributed by atoms with Gasteiger partial charge in [-0.1, -0.05) is 32.1 Å². The van der Waals surface area contributed by atoms with Crippen LogP contribution in [0.3, 0.4) is 0 Å². The summed E-state index contributed by atoms with van der Waals surface area (Å²) in [6.07, 6.45) is 17.6. The Morgan fingerprint density at radius 1 is 0.345 bits per heavy atom. The van der Waals surface area contributed by atoms with Crippen LogP contribution in [-0.4, -0.2) is 215 Å². The average molecular weight is 1200 g/mol. The maximum Gasteiger partial charge on any atom is 0.258 e. The van der Waals surface area contributed by atoms with Gasteiger partial charge in [-0.2, -0.15) is 0 Å². The molecule has 16 fully saturated rings. The molecule has 0 aromatic rings. The molecule has 0 bridgehead atoms. The van der Waals surface area contributed by atoms with Gasteiger partial charge in [-0.15, -0.1) is 0 Å². The normalized spacial score (nSPS) is 46.6. The van der Waals surface area contributed by atoms with Crippen LogP contribution in [0.5, 0.6) is 0 Å². The highest BCUT2D eigenvalue weighted by molar-refractivity contribution is 5.92. The predicted molar refractivity (Wildman–Crippen MR) is 284 cm³/mol. The van der Waals surface area contributed by atoms with Crippen molar-refractivity contribution in [3.63, 3.8) is 0 Å². The molecule has 0 radical (unpaired) electrons. The lowest BCUT2D eigenvalue weighted by molar-refractivity contribution is -0.346. The first kappa shape index (κ1) is 61.6. The Bertz CT molecular complexity index is 2280. The molecule has 5 saturated carbocycles. The number of carbonyl (C=O) groups excluding carboxylic acids is 1. The molecule has 478 valence electrons. The van der Waals surface area contributed by atoms with E-state index in [1.807, 2.05) is 13.8 Å². The van der Waals surface area contributed by atoms with Gasteiger partial charge in [0.05, 0.1) is 26.4 Å². The molecule has 84 heavy (non-hydrogen) atoms. The van der Waals surface area contributed by atoms with E-state index in [9.17, 15) is 30.3 Å². The molecule has 0 aromatic heterocycles. The summed E-state index contributed by atoms with van der Waals surface area (Å²) in [4.78, 5) is 12.8. The number of aliphatic hydroxyl groups is 5. The third-order valence-electron chi connectivity index (χ3n) is 20.4. The van der Waals surface area contributed by atoms with E-state index in [1.165, 1.54) is 25.7 Å². The van der Waals surface area contributed by atoms with Crippen molar-refractivity contribution < 1.29 is 116 Å². The summed E-state index contributed by atoms with van der Waals surface area (Å²) in [5, 5.41) is 51.0. The van der Waals surface area contributed by atoms with Crippen LogP contribution in [-0.2, 0) is 90.1 Å². The second-order valence-electron chi connectivity index (χ2n) is 27.6. The second kappa shape index (κ2) is 23.1. The average Bonchev–Trinajstić information content (AvgIpc) is 1.84. The molecule has 0 amide bonds. The Balaban J connectivity index is 0.000000105. The van der Waals surface area contributed by atoms with E-state index >= 15 is 0 Å². The first-order valence-corrected chi connectivity index (χ1v) is 32.0. The maximum absolute atomic E-state index is 12.8. The van der Waals surface area contributed by atoms with Crippen LogP contribution >= 0.6 is 0 Å². The molecule has 16 rings (SSSR count). The maximum atomic E-state index is 12.8. The molecule has 9 spiro atoms. The van der Waals surface area contributed by atoms with Gasteiger partial charge in [0.15, 0.2) is 46.6 Å². The second-order valence-corrected chi connectivity index (χ2v) is 27.6. The van der Waals surface area contributed by atoms with Gasteiger partial charge >= 0.3 is 0 Å². The van der Waals surface area contributed by atoms with Gasteiger partial charge in [-0.3, -0.25) is 4.79 Å². The van der Waals surface area contributed by atoms with E-state index in [0.717, 1.165) is 135 Å². The Labute approximate surface area is 491 Å². The number of hydrogen-bond acceptors (Lipinski definition) is 24. The third-order valence-corrected chi connectivity index (χ3v) is 20.4. The number of fused-ring (bicyclic) bond motifs is 3. The topological polar surface area (TPSA) is 284 Å². The fraction of sp³-hybridized carbons (Fsp3) is 0.983. The fourth-order valence-electron chi connectivity index (χ4n) is 16.0. The van der Waals surface area contributed by atoms with Gasteiger partial charge in [0.1, 0.15) is 87.5 Å². The smallest absolute Gasteiger partial charge is 0.258 e. The van der Waals surface area contributed by atoms with E-state index in [0.29, 0.717) is 19.8 Å². The molecular weight excluding hydrogens is 1100 g/mol. The van der Waals surface area contributed by atoms with Crippen LogP contribution in [0.1, 0.15) is 188 Å². The summed E-state index contributed by atoms with van der Waals surface area (Å²) in [6, 6.07) is 0. The zero-order valence-corrected chi connectivity index (χ0v) is 49.7. The van der Waals surface area contributed by atoms with E-state index in [-0.39, 0.29) is 63.2 Å². The van der Waals surface area contributed by atoms with E-state index < -0.39 is 106 Å². The molecule has 15 atom stereocenters. The molecule has 0 aromatic carbocycles. The van der Waals surface area contributed by atoms with Crippen molar-refractivity contribution in [1.82, 2.24) is 0 Å². The highest BCUT2D eigenvalue weighted by Gasteiger charge is 2.68. The number of aliphatic hydroxyl groups excluding tert-OH is 5. The zero-order chi connectivity index (χ0) is 58.5. The molecule has 11 saturated heterocycles. The van der Waals surface area contributed by atoms with Crippen LogP contribution in [0.4, 0.5) is 0 Å². The van der Waals surface area contributed by atoms with Gasteiger partial charge in [-0.25, -0.2) is 0 Å². The SMILES string of the molecule is CC1(C)O[C@@H]2CO[C@]3(COC4(CCCCC4)O3)C(=O)[C@@H]2O1.CC1(C)O[C@@H]2[C@@H](CO[C@]3(COC4(CCCCC4)O3)[C@H]2O)O1.O[C@@H]1[C@H](O)CO[C@]2(COC3(CCCCC3)O2)[C@H]1O.O[C@H]1[C@@H]2OC3(CCCCC3)O[C@@H]2CO[C@]12COC1(CCCCC1)O2. The lowest BCUT2D eigenvalue weighted by Crippen LogP contribution is -2.62. The van der Waals surface area contributed by atoms with Crippen molar-refractivity contribution in [2.45, 2.75) is 319 Å². The lowest BCUT2D eigenvalue weighted by atomic mass is 9.93. The number of ketones is 1. The third kappa shape index (κ3) is 11.6. The van der Waals surface area contributed by atoms with Gasteiger partial charge in [-0.05, 0) is 91.9 Å². The van der Waals surface area contributed by atoms with Crippen LogP contribution in [0.15, 0.2) is 0 Å². The summed E-state index contributed by atoms with van der Waals surface area (Å²) < 4.78 is 107. The van der Waals surface area contributed by atoms with Crippen molar-refractivity contribution in [1.29, 1.82) is 0 Å². The Morgan fingerprint density at radius 2 is 0.714 bits per heavy atom. The molecule has 11 heterocycles. The van der Waals surface area contributed by atoms with Crippen LogP contribution in [0, 0.1) is 0 Å². The molecular formula is C60H94O24. The van der Waals surface area contributed by atoms with E-state index in [4.69, 9.17) is 85.3 Å². The van der Waals surface area contributed by atoms with Gasteiger partial charge in [0.2, 0.25) is 23.1 Å². The largest absolute Gasteiger partial charge is 0.388 e. The van der Waals surface area contributed by atoms with E-state index in [1.54, 1.807) is 13.8 Å². The number of hydrogen-bond donors (Lipinski definition) is 5. The molecule has 5 N–H and O–H groups in total. The number of rotatable bonds is 0. The Morgan fingerprint density at radius 3 is 1.20 bits per heavy atom. The van der Waals surface area contributed by atoms with Crippen LogP contribution < -0.4 is 0 Å². The van der Waals surface area contributed by atoms with E-state index in [2.05, 4.69) is 0 Å². The first-order valence-electron chi connectivity index (χ1n) is 32.0. The molecule has 24 heteroatoms. The summed E-state index contributed by atoms with van der Waals surface area (Å²) in [6.45, 7) is 9.05. The highest BCUT2D eigenvalue weighted by Crippen LogP contribution is 2.53. The molecule has 16 aliphatic rings. The minimum absolute atomic E-state index is 0.0579. The van der Waals surface area contributed by atoms with Crippen molar-refractivity contribution in [2.24, 2.45) is 0 Å². The van der Waals surface area contributed by atoms with Crippen LogP contribution in [0.25, 0.3) is 0 Å². The van der Waals surface area contributed by atoms with Crippen LogP contribution in [0.2, 0.25) is 0 Å². The summed E-state index contributed by atoms with van der Waals surface area (Å²) in [5.74, 6) is -9.50. The van der Waals surface area contributed by atoms with Gasteiger partial charge < -0.3 is 111 Å². The summed E-state index contributed by atoms with van der Waals surface area (Å²) >= 11 is 0. The lowest BCUT2D eigenvalue weighted by Gasteiger charge is -2.42. The van der Waals surface area contributed by atoms with Gasteiger partial charge in [0, 0.05) is 64.2 Å². The molecule has 11 aliphatic heterocycles. The first-order chi connectivity index (χ1) is 40.1.